The van der Waals surface area contributed by atoms with Crippen LogP contribution >= 0.6 is 0 Å². The van der Waals surface area contributed by atoms with E-state index in [-0.39, 0.29) is 6.42 Å². The van der Waals surface area contributed by atoms with E-state index in [1.165, 1.54) is 0 Å². The number of aromatic amines is 1. The van der Waals surface area contributed by atoms with E-state index in [0.29, 0.717) is 6.61 Å². The highest BCUT2D eigenvalue weighted by atomic mass is 16.5. The van der Waals surface area contributed by atoms with Gasteiger partial charge in [-0.25, -0.2) is 0 Å². The third-order valence-corrected chi connectivity index (χ3v) is 5.03. The molecule has 4 nitrogen and oxygen atoms in total. The lowest BCUT2D eigenvalue weighted by atomic mass is 9.97. The Hall–Kier alpha value is -3.27. The Morgan fingerprint density at radius 2 is 1.86 bits per heavy atom. The number of fused-ring (bicyclic) bond motifs is 2. The summed E-state index contributed by atoms with van der Waals surface area (Å²) in [6.07, 6.45) is 2.02. The van der Waals surface area contributed by atoms with Gasteiger partial charge in [-0.05, 0) is 41.0 Å². The minimum Gasteiger partial charge on any atom is -0.494 e. The number of aliphatic carboxylic acids is 1. The first kappa shape index (κ1) is 18.1. The van der Waals surface area contributed by atoms with Gasteiger partial charge in [0.05, 0.1) is 18.7 Å². The summed E-state index contributed by atoms with van der Waals surface area (Å²) in [6, 6.07) is 20.1. The molecule has 4 rings (SSSR count). The quantitative estimate of drug-likeness (QED) is 0.403. The zero-order chi connectivity index (χ0) is 19.5. The molecule has 0 amide bonds. The maximum Gasteiger partial charge on any atom is 0.307 e. The van der Waals surface area contributed by atoms with Gasteiger partial charge in [0.15, 0.2) is 0 Å². The van der Waals surface area contributed by atoms with Gasteiger partial charge in [0.2, 0.25) is 0 Å². The monoisotopic (exact) mass is 373 g/mol. The number of nitrogens with one attached hydrogen (secondary N) is 1. The molecule has 1 heterocycles. The summed E-state index contributed by atoms with van der Waals surface area (Å²) < 4.78 is 5.84. The molecule has 28 heavy (non-hydrogen) atoms. The molecule has 0 aliphatic heterocycles. The highest BCUT2D eigenvalue weighted by Crippen LogP contribution is 2.36. The lowest BCUT2D eigenvalue weighted by Crippen LogP contribution is -2.01. The number of aromatic nitrogens is 1. The Morgan fingerprint density at radius 3 is 2.68 bits per heavy atom. The van der Waals surface area contributed by atoms with E-state index < -0.39 is 5.97 Å². The van der Waals surface area contributed by atoms with Crippen molar-refractivity contribution < 1.29 is 14.6 Å². The van der Waals surface area contributed by atoms with Crippen LogP contribution in [0.4, 0.5) is 0 Å². The van der Waals surface area contributed by atoms with Crippen molar-refractivity contribution in [3.05, 3.63) is 66.2 Å². The SMILES string of the molecule is CCCCOc1ccc2[nH]c(-c3cccc4ccccc34)c(CC(=O)O)c2c1. The molecular formula is C24H23NO3. The van der Waals surface area contributed by atoms with Gasteiger partial charge in [-0.1, -0.05) is 55.8 Å². The molecule has 0 atom stereocenters. The summed E-state index contributed by atoms with van der Waals surface area (Å²) in [7, 11) is 0. The van der Waals surface area contributed by atoms with Crippen LogP contribution < -0.4 is 4.74 Å². The Morgan fingerprint density at radius 1 is 1.04 bits per heavy atom. The summed E-state index contributed by atoms with van der Waals surface area (Å²) >= 11 is 0. The summed E-state index contributed by atoms with van der Waals surface area (Å²) in [5.41, 5.74) is 3.58. The third kappa shape index (κ3) is 3.46. The van der Waals surface area contributed by atoms with E-state index in [1.807, 2.05) is 42.5 Å². The Balaban J connectivity index is 1.88. The van der Waals surface area contributed by atoms with Gasteiger partial charge in [0, 0.05) is 16.5 Å². The first-order chi connectivity index (χ1) is 13.7. The Labute approximate surface area is 163 Å². The number of ether oxygens (including phenoxy) is 1. The third-order valence-electron chi connectivity index (χ3n) is 5.03. The topological polar surface area (TPSA) is 62.3 Å². The molecule has 0 spiro atoms. The molecule has 0 aliphatic rings. The molecule has 0 bridgehead atoms. The number of carboxylic acid groups (broad SMARTS) is 1. The number of rotatable bonds is 7. The molecule has 4 heteroatoms. The van der Waals surface area contributed by atoms with Gasteiger partial charge in [-0.15, -0.1) is 0 Å². The molecule has 1 aromatic heterocycles. The molecule has 0 radical (unpaired) electrons. The highest BCUT2D eigenvalue weighted by Gasteiger charge is 2.18. The Kier molecular flexibility index (Phi) is 5.02. The number of benzene rings is 3. The van der Waals surface area contributed by atoms with Crippen LogP contribution in [0.5, 0.6) is 5.75 Å². The fourth-order valence-corrected chi connectivity index (χ4v) is 3.66. The second kappa shape index (κ2) is 7.77. The second-order valence-corrected chi connectivity index (χ2v) is 6.99. The molecule has 0 unspecified atom stereocenters. The molecule has 0 aliphatic carbocycles. The van der Waals surface area contributed by atoms with Crippen molar-refractivity contribution in [1.29, 1.82) is 0 Å². The van der Waals surface area contributed by atoms with Crippen LogP contribution in [0.3, 0.4) is 0 Å². The van der Waals surface area contributed by atoms with E-state index in [9.17, 15) is 9.90 Å². The fraction of sp³-hybridized carbons (Fsp3) is 0.208. The number of H-pyrrole nitrogens is 1. The van der Waals surface area contributed by atoms with Crippen LogP contribution in [-0.4, -0.2) is 22.7 Å². The van der Waals surface area contributed by atoms with Gasteiger partial charge < -0.3 is 14.8 Å². The second-order valence-electron chi connectivity index (χ2n) is 6.99. The van der Waals surface area contributed by atoms with Crippen LogP contribution in [0.15, 0.2) is 60.7 Å². The van der Waals surface area contributed by atoms with E-state index >= 15 is 0 Å². The minimum atomic E-state index is -0.848. The molecule has 3 aromatic carbocycles. The molecule has 4 aromatic rings. The molecule has 0 saturated heterocycles. The van der Waals surface area contributed by atoms with Gasteiger partial charge in [-0.2, -0.15) is 0 Å². The van der Waals surface area contributed by atoms with Crippen LogP contribution in [-0.2, 0) is 11.2 Å². The minimum absolute atomic E-state index is 0.0447. The maximum absolute atomic E-state index is 11.6. The van der Waals surface area contributed by atoms with Crippen molar-refractivity contribution in [1.82, 2.24) is 4.98 Å². The average Bonchev–Trinajstić information content (AvgIpc) is 3.05. The van der Waals surface area contributed by atoms with E-state index in [4.69, 9.17) is 4.74 Å². The molecule has 2 N–H and O–H groups in total. The Bertz CT molecular complexity index is 1140. The summed E-state index contributed by atoms with van der Waals surface area (Å²) in [5, 5.41) is 12.7. The van der Waals surface area contributed by atoms with Gasteiger partial charge >= 0.3 is 5.97 Å². The number of hydrogen-bond donors (Lipinski definition) is 2. The summed E-state index contributed by atoms with van der Waals surface area (Å²) in [4.78, 5) is 15.1. The number of carboxylic acids is 1. The van der Waals surface area contributed by atoms with Crippen LogP contribution in [0, 0.1) is 0 Å². The molecule has 0 saturated carbocycles. The standard InChI is InChI=1S/C24H23NO3/c1-2-3-13-28-17-11-12-22-20(14-17)21(15-23(26)27)24(25-22)19-10-6-8-16-7-4-5-9-18(16)19/h4-12,14,25H,2-3,13,15H2,1H3,(H,26,27). The first-order valence-corrected chi connectivity index (χ1v) is 9.64. The van der Waals surface area contributed by atoms with Gasteiger partial charge in [0.1, 0.15) is 5.75 Å². The van der Waals surface area contributed by atoms with Crippen LogP contribution in [0.2, 0.25) is 0 Å². The molecular weight excluding hydrogens is 350 g/mol. The number of hydrogen-bond acceptors (Lipinski definition) is 2. The van der Waals surface area contributed by atoms with E-state index in [2.05, 4.69) is 30.1 Å². The van der Waals surface area contributed by atoms with Crippen molar-refractivity contribution in [2.75, 3.05) is 6.61 Å². The van der Waals surface area contributed by atoms with Crippen molar-refractivity contribution in [2.45, 2.75) is 26.2 Å². The normalized spacial score (nSPS) is 11.2. The predicted molar refractivity (Wildman–Crippen MR) is 113 cm³/mol. The van der Waals surface area contributed by atoms with Crippen LogP contribution in [0.1, 0.15) is 25.3 Å². The number of unbranched alkanes of at least 4 members (excludes halogenated alkanes) is 1. The zero-order valence-corrected chi connectivity index (χ0v) is 15.9. The lowest BCUT2D eigenvalue weighted by Gasteiger charge is -2.08. The van der Waals surface area contributed by atoms with Gasteiger partial charge in [-0.3, -0.25) is 4.79 Å². The first-order valence-electron chi connectivity index (χ1n) is 9.64. The fourth-order valence-electron chi connectivity index (χ4n) is 3.66. The molecule has 142 valence electrons. The predicted octanol–water partition coefficient (Wildman–Crippen LogP) is 5.79. The summed E-state index contributed by atoms with van der Waals surface area (Å²) in [5.74, 6) is -0.0734. The average molecular weight is 373 g/mol. The largest absolute Gasteiger partial charge is 0.494 e. The van der Waals surface area contributed by atoms with E-state index in [1.54, 1.807) is 0 Å². The smallest absolute Gasteiger partial charge is 0.307 e. The lowest BCUT2D eigenvalue weighted by molar-refractivity contribution is -0.136. The summed E-state index contributed by atoms with van der Waals surface area (Å²) in [6.45, 7) is 2.79. The van der Waals surface area contributed by atoms with Crippen molar-refractivity contribution in [3.8, 4) is 17.0 Å². The number of carbonyl (C=O) groups is 1. The maximum atomic E-state index is 11.6. The van der Waals surface area contributed by atoms with Crippen molar-refractivity contribution in [2.24, 2.45) is 0 Å². The van der Waals surface area contributed by atoms with Crippen molar-refractivity contribution >= 4 is 27.6 Å². The van der Waals surface area contributed by atoms with Gasteiger partial charge in [0.25, 0.3) is 0 Å². The van der Waals surface area contributed by atoms with Crippen molar-refractivity contribution in [3.63, 3.8) is 0 Å². The molecule has 0 fully saturated rings. The highest BCUT2D eigenvalue weighted by molar-refractivity contribution is 6.02. The zero-order valence-electron chi connectivity index (χ0n) is 15.9. The van der Waals surface area contributed by atoms with E-state index in [0.717, 1.165) is 57.1 Å². The van der Waals surface area contributed by atoms with Crippen LogP contribution in [0.25, 0.3) is 32.9 Å².